The average Bonchev–Trinajstić information content (AvgIpc) is 2.08. The number of halogens is 2. The molecule has 1 rings (SSSR count). The second-order valence-electron chi connectivity index (χ2n) is 2.76. The van der Waals surface area contributed by atoms with E-state index in [1.54, 1.807) is 0 Å². The summed E-state index contributed by atoms with van der Waals surface area (Å²) in [5.41, 5.74) is 6.53. The van der Waals surface area contributed by atoms with E-state index in [0.29, 0.717) is 0 Å². The molecule has 0 saturated carbocycles. The molecule has 0 radical (unpaired) electrons. The highest BCUT2D eigenvalue weighted by Crippen LogP contribution is 2.23. The van der Waals surface area contributed by atoms with Crippen LogP contribution in [0.15, 0.2) is 22.7 Å². The summed E-state index contributed by atoms with van der Waals surface area (Å²) in [7, 11) is 0. The highest BCUT2D eigenvalue weighted by atomic mass is 127. The molecule has 0 fully saturated rings. The van der Waals surface area contributed by atoms with Crippen LogP contribution in [0, 0.1) is 3.57 Å². The Kier molecular flexibility index (Phi) is 3.87. The van der Waals surface area contributed by atoms with E-state index in [0.717, 1.165) is 13.6 Å². The average molecular weight is 354 g/mol. The molecule has 2 nitrogen and oxygen atoms in total. The van der Waals surface area contributed by atoms with Crippen LogP contribution >= 0.6 is 38.5 Å². The molecule has 1 atom stereocenters. The predicted octanol–water partition coefficient (Wildman–Crippen LogP) is 2.64. The van der Waals surface area contributed by atoms with Crippen LogP contribution < -0.4 is 5.73 Å². The first kappa shape index (κ1) is 11.1. The summed E-state index contributed by atoms with van der Waals surface area (Å²) in [5.74, 6) is -0.0203. The first-order valence-corrected chi connectivity index (χ1v) is 5.60. The lowest BCUT2D eigenvalue weighted by atomic mass is 10.1. The fourth-order valence-electron chi connectivity index (χ4n) is 0.941. The predicted molar refractivity (Wildman–Crippen MR) is 64.5 cm³/mol. The van der Waals surface area contributed by atoms with Gasteiger partial charge in [-0.05, 0) is 63.1 Å². The summed E-state index contributed by atoms with van der Waals surface area (Å²) in [6, 6.07) is 5.18. The van der Waals surface area contributed by atoms with E-state index in [4.69, 9.17) is 5.73 Å². The maximum Gasteiger partial charge on any atom is 0.150 e. The smallest absolute Gasteiger partial charge is 0.150 e. The standard InChI is InChI=1S/C9H9BrINO/c1-5(13)9(12)6-2-3-8(11)7(10)4-6/h2-4,9H,12H2,1H3. The SMILES string of the molecule is CC(=O)C(N)c1ccc(I)c(Br)c1. The van der Waals surface area contributed by atoms with Gasteiger partial charge in [0.05, 0.1) is 6.04 Å². The Balaban J connectivity index is 3.03. The van der Waals surface area contributed by atoms with Gasteiger partial charge in [0.15, 0.2) is 5.78 Å². The minimum absolute atomic E-state index is 0.0203. The number of benzene rings is 1. The summed E-state index contributed by atoms with van der Waals surface area (Å²) in [5, 5.41) is 0. The molecule has 4 heteroatoms. The molecule has 1 aromatic rings. The van der Waals surface area contributed by atoms with Gasteiger partial charge >= 0.3 is 0 Å². The van der Waals surface area contributed by atoms with Gasteiger partial charge in [0.1, 0.15) is 0 Å². The third-order valence-corrected chi connectivity index (χ3v) is 4.08. The molecular formula is C9H9BrINO. The van der Waals surface area contributed by atoms with Gasteiger partial charge in [-0.3, -0.25) is 4.79 Å². The molecule has 1 aromatic carbocycles. The highest BCUT2D eigenvalue weighted by molar-refractivity contribution is 14.1. The molecule has 0 aliphatic carbocycles. The number of ketones is 1. The largest absolute Gasteiger partial charge is 0.318 e. The second kappa shape index (κ2) is 4.52. The van der Waals surface area contributed by atoms with Crippen LogP contribution in [-0.2, 0) is 4.79 Å². The zero-order valence-electron chi connectivity index (χ0n) is 7.05. The summed E-state index contributed by atoms with van der Waals surface area (Å²) in [4.78, 5) is 11.0. The molecule has 0 saturated heterocycles. The third-order valence-electron chi connectivity index (χ3n) is 1.74. The van der Waals surface area contributed by atoms with Crippen molar-refractivity contribution in [2.24, 2.45) is 5.73 Å². The molecule has 0 amide bonds. The Hall–Kier alpha value is 0.0600. The van der Waals surface area contributed by atoms with Crippen molar-refractivity contribution in [3.05, 3.63) is 31.8 Å². The Bertz CT molecular complexity index is 340. The van der Waals surface area contributed by atoms with Crippen molar-refractivity contribution in [3.63, 3.8) is 0 Å². The fraction of sp³-hybridized carbons (Fsp3) is 0.222. The van der Waals surface area contributed by atoms with E-state index >= 15 is 0 Å². The van der Waals surface area contributed by atoms with Gasteiger partial charge in [-0.25, -0.2) is 0 Å². The van der Waals surface area contributed by atoms with Gasteiger partial charge in [-0.1, -0.05) is 6.07 Å². The van der Waals surface area contributed by atoms with Crippen LogP contribution in [0.25, 0.3) is 0 Å². The summed E-state index contributed by atoms with van der Waals surface area (Å²) < 4.78 is 2.08. The third kappa shape index (κ3) is 2.75. The molecule has 2 N–H and O–H groups in total. The van der Waals surface area contributed by atoms with Crippen molar-refractivity contribution in [3.8, 4) is 0 Å². The first-order valence-electron chi connectivity index (χ1n) is 3.73. The molecule has 0 heterocycles. The minimum Gasteiger partial charge on any atom is -0.318 e. The maximum atomic E-state index is 11.0. The van der Waals surface area contributed by atoms with Crippen LogP contribution in [0.5, 0.6) is 0 Å². The first-order chi connectivity index (χ1) is 6.02. The van der Waals surface area contributed by atoms with Crippen LogP contribution in [0.3, 0.4) is 0 Å². The molecular weight excluding hydrogens is 345 g/mol. The van der Waals surface area contributed by atoms with Crippen molar-refractivity contribution in [1.29, 1.82) is 0 Å². The zero-order valence-corrected chi connectivity index (χ0v) is 10.8. The number of hydrogen-bond donors (Lipinski definition) is 1. The van der Waals surface area contributed by atoms with Gasteiger partial charge in [-0.2, -0.15) is 0 Å². The number of rotatable bonds is 2. The Morgan fingerprint density at radius 2 is 2.23 bits per heavy atom. The molecule has 1 unspecified atom stereocenters. The number of nitrogens with two attached hydrogens (primary N) is 1. The van der Waals surface area contributed by atoms with E-state index in [-0.39, 0.29) is 5.78 Å². The molecule has 0 aliphatic heterocycles. The number of carbonyl (C=O) groups is 1. The van der Waals surface area contributed by atoms with E-state index in [2.05, 4.69) is 38.5 Å². The minimum atomic E-state index is -0.506. The Labute approximate surface area is 99.2 Å². The summed E-state index contributed by atoms with van der Waals surface area (Å²) in [6.45, 7) is 1.50. The van der Waals surface area contributed by atoms with Crippen LogP contribution in [0.1, 0.15) is 18.5 Å². The maximum absolute atomic E-state index is 11.0. The number of carbonyl (C=O) groups excluding carboxylic acids is 1. The topological polar surface area (TPSA) is 43.1 Å². The Morgan fingerprint density at radius 3 is 2.69 bits per heavy atom. The van der Waals surface area contributed by atoms with Gasteiger partial charge < -0.3 is 5.73 Å². The lowest BCUT2D eigenvalue weighted by molar-refractivity contribution is -0.118. The number of hydrogen-bond acceptors (Lipinski definition) is 2. The van der Waals surface area contributed by atoms with E-state index < -0.39 is 6.04 Å². The molecule has 0 aliphatic rings. The molecule has 0 aromatic heterocycles. The summed E-state index contributed by atoms with van der Waals surface area (Å²) in [6.07, 6.45) is 0. The van der Waals surface area contributed by atoms with Crippen LogP contribution in [0.4, 0.5) is 0 Å². The van der Waals surface area contributed by atoms with Gasteiger partial charge in [0.25, 0.3) is 0 Å². The molecule has 13 heavy (non-hydrogen) atoms. The monoisotopic (exact) mass is 353 g/mol. The lowest BCUT2D eigenvalue weighted by Gasteiger charge is -2.08. The Morgan fingerprint density at radius 1 is 1.62 bits per heavy atom. The lowest BCUT2D eigenvalue weighted by Crippen LogP contribution is -2.18. The van der Waals surface area contributed by atoms with E-state index in [1.807, 2.05) is 18.2 Å². The van der Waals surface area contributed by atoms with E-state index in [1.165, 1.54) is 6.92 Å². The number of Topliss-reactive ketones (excluding diaryl/α,β-unsaturated/α-hetero) is 1. The second-order valence-corrected chi connectivity index (χ2v) is 4.78. The fourth-order valence-corrected chi connectivity index (χ4v) is 1.67. The zero-order chi connectivity index (χ0) is 10.0. The molecule has 0 bridgehead atoms. The van der Waals surface area contributed by atoms with Crippen molar-refractivity contribution in [1.82, 2.24) is 0 Å². The molecule has 70 valence electrons. The van der Waals surface area contributed by atoms with E-state index in [9.17, 15) is 4.79 Å². The van der Waals surface area contributed by atoms with Gasteiger partial charge in [0, 0.05) is 8.04 Å². The quantitative estimate of drug-likeness (QED) is 0.830. The molecule has 0 spiro atoms. The van der Waals surface area contributed by atoms with Crippen molar-refractivity contribution in [2.75, 3.05) is 0 Å². The van der Waals surface area contributed by atoms with Crippen molar-refractivity contribution in [2.45, 2.75) is 13.0 Å². The summed E-state index contributed by atoms with van der Waals surface area (Å²) >= 11 is 5.60. The van der Waals surface area contributed by atoms with Crippen LogP contribution in [-0.4, -0.2) is 5.78 Å². The van der Waals surface area contributed by atoms with Gasteiger partial charge in [-0.15, -0.1) is 0 Å². The van der Waals surface area contributed by atoms with Crippen LogP contribution in [0.2, 0.25) is 0 Å². The highest BCUT2D eigenvalue weighted by Gasteiger charge is 2.11. The van der Waals surface area contributed by atoms with Crippen molar-refractivity contribution >= 4 is 44.3 Å². The van der Waals surface area contributed by atoms with Gasteiger partial charge in [0.2, 0.25) is 0 Å². The van der Waals surface area contributed by atoms with Crippen molar-refractivity contribution < 1.29 is 4.79 Å². The normalized spacial score (nSPS) is 12.6.